The van der Waals surface area contributed by atoms with Crippen LogP contribution in [0.2, 0.25) is 0 Å². The number of carbonyl (C=O) groups excluding carboxylic acids is 1. The Morgan fingerprint density at radius 2 is 1.86 bits per heavy atom. The Hall–Kier alpha value is -1.71. The number of aromatic nitrogens is 1. The van der Waals surface area contributed by atoms with Crippen LogP contribution in [0.3, 0.4) is 0 Å². The van der Waals surface area contributed by atoms with E-state index in [1.807, 2.05) is 0 Å². The first-order valence-corrected chi connectivity index (χ1v) is 5.99. The molecule has 0 fully saturated rings. The molecule has 0 N–H and O–H groups in total. The molecule has 0 aromatic carbocycles. The first kappa shape index (κ1) is 18.3. The van der Waals surface area contributed by atoms with Crippen LogP contribution < -0.4 is 4.74 Å². The SMILES string of the molecule is COC(=O)Cc1c(CCl)cnc(C(F)(F)F)c1OC(F)(F)F. The van der Waals surface area contributed by atoms with E-state index in [9.17, 15) is 31.1 Å². The summed E-state index contributed by atoms with van der Waals surface area (Å²) in [5.74, 6) is -3.13. The van der Waals surface area contributed by atoms with E-state index >= 15 is 0 Å². The van der Waals surface area contributed by atoms with Gasteiger partial charge in [-0.3, -0.25) is 4.79 Å². The number of esters is 1. The molecular formula is C11H8ClF6NO3. The van der Waals surface area contributed by atoms with Gasteiger partial charge in [-0.2, -0.15) is 13.2 Å². The maximum absolute atomic E-state index is 12.8. The molecule has 1 rings (SSSR count). The predicted molar refractivity (Wildman–Crippen MR) is 61.2 cm³/mol. The number of hydrogen-bond donors (Lipinski definition) is 0. The summed E-state index contributed by atoms with van der Waals surface area (Å²) in [7, 11) is 0.929. The van der Waals surface area contributed by atoms with Crippen LogP contribution in [-0.4, -0.2) is 24.4 Å². The van der Waals surface area contributed by atoms with Gasteiger partial charge in [-0.15, -0.1) is 24.8 Å². The molecule has 0 aliphatic carbocycles. The van der Waals surface area contributed by atoms with Gasteiger partial charge in [0.15, 0.2) is 11.4 Å². The van der Waals surface area contributed by atoms with Crippen LogP contribution >= 0.6 is 11.6 Å². The summed E-state index contributed by atoms with van der Waals surface area (Å²) in [6.45, 7) is 0. The number of hydrogen-bond acceptors (Lipinski definition) is 4. The summed E-state index contributed by atoms with van der Waals surface area (Å²) < 4.78 is 83.2. The molecule has 124 valence electrons. The Kier molecular flexibility index (Phi) is 5.49. The zero-order valence-electron chi connectivity index (χ0n) is 10.8. The minimum absolute atomic E-state index is 0.209. The van der Waals surface area contributed by atoms with Gasteiger partial charge in [-0.05, 0) is 5.56 Å². The summed E-state index contributed by atoms with van der Waals surface area (Å²) in [5, 5.41) is 0. The lowest BCUT2D eigenvalue weighted by Gasteiger charge is -2.19. The van der Waals surface area contributed by atoms with Crippen LogP contribution in [0.5, 0.6) is 5.75 Å². The summed E-state index contributed by atoms with van der Waals surface area (Å²) in [6.07, 6.45) is -10.9. The number of ether oxygens (including phenoxy) is 2. The Morgan fingerprint density at radius 3 is 2.27 bits per heavy atom. The average Bonchev–Trinajstić information content (AvgIpc) is 2.37. The highest BCUT2D eigenvalue weighted by Crippen LogP contribution is 2.40. The van der Waals surface area contributed by atoms with Gasteiger partial charge in [0, 0.05) is 17.6 Å². The maximum atomic E-state index is 12.8. The molecule has 0 spiro atoms. The summed E-state index contributed by atoms with van der Waals surface area (Å²) in [6, 6.07) is 0. The molecule has 11 heteroatoms. The minimum atomic E-state index is -5.41. The van der Waals surface area contributed by atoms with Crippen molar-refractivity contribution in [2.24, 2.45) is 0 Å². The number of alkyl halides is 7. The third-order valence-electron chi connectivity index (χ3n) is 2.41. The van der Waals surface area contributed by atoms with Gasteiger partial charge in [-0.1, -0.05) is 0 Å². The zero-order chi connectivity index (χ0) is 17.1. The lowest BCUT2D eigenvalue weighted by molar-refractivity contribution is -0.276. The van der Waals surface area contributed by atoms with E-state index in [0.29, 0.717) is 6.20 Å². The Bertz CT molecular complexity index is 558. The van der Waals surface area contributed by atoms with E-state index in [1.165, 1.54) is 0 Å². The summed E-state index contributed by atoms with van der Waals surface area (Å²) in [5.41, 5.74) is -2.79. The molecule has 4 nitrogen and oxygen atoms in total. The zero-order valence-corrected chi connectivity index (χ0v) is 11.6. The number of methoxy groups -OCH3 is 1. The van der Waals surface area contributed by atoms with Crippen molar-refractivity contribution in [3.8, 4) is 5.75 Å². The molecule has 0 aliphatic heterocycles. The smallest absolute Gasteiger partial charge is 0.469 e. The van der Waals surface area contributed by atoms with Crippen molar-refractivity contribution in [1.82, 2.24) is 4.98 Å². The molecule has 1 heterocycles. The third kappa shape index (κ3) is 4.65. The second-order valence-electron chi connectivity index (χ2n) is 3.87. The molecule has 0 unspecified atom stereocenters. The highest BCUT2D eigenvalue weighted by atomic mass is 35.5. The first-order valence-electron chi connectivity index (χ1n) is 5.46. The van der Waals surface area contributed by atoms with E-state index in [4.69, 9.17) is 11.6 Å². The minimum Gasteiger partial charge on any atom is -0.469 e. The molecule has 0 atom stereocenters. The Balaban J connectivity index is 3.55. The quantitative estimate of drug-likeness (QED) is 0.473. The van der Waals surface area contributed by atoms with Gasteiger partial charge >= 0.3 is 18.5 Å². The van der Waals surface area contributed by atoms with Crippen molar-refractivity contribution >= 4 is 17.6 Å². The van der Waals surface area contributed by atoms with Crippen LogP contribution in [-0.2, 0) is 28.0 Å². The van der Waals surface area contributed by atoms with E-state index in [-0.39, 0.29) is 5.56 Å². The molecule has 0 saturated heterocycles. The summed E-state index contributed by atoms with van der Waals surface area (Å²) >= 11 is 5.46. The molecule has 0 bridgehead atoms. The van der Waals surface area contributed by atoms with Gasteiger partial charge in [0.2, 0.25) is 0 Å². The Labute approximate surface area is 125 Å². The van der Waals surface area contributed by atoms with Crippen molar-refractivity contribution in [2.45, 2.75) is 24.8 Å². The second kappa shape index (κ2) is 6.59. The third-order valence-corrected chi connectivity index (χ3v) is 2.69. The lowest BCUT2D eigenvalue weighted by Crippen LogP contribution is -2.23. The van der Waals surface area contributed by atoms with Crippen LogP contribution in [0, 0.1) is 0 Å². The average molecular weight is 352 g/mol. The van der Waals surface area contributed by atoms with Gasteiger partial charge < -0.3 is 9.47 Å². The highest BCUT2D eigenvalue weighted by molar-refractivity contribution is 6.17. The molecule has 1 aromatic heterocycles. The van der Waals surface area contributed by atoms with Crippen LogP contribution in [0.1, 0.15) is 16.8 Å². The number of rotatable bonds is 4. The second-order valence-corrected chi connectivity index (χ2v) is 4.14. The van der Waals surface area contributed by atoms with Gasteiger partial charge in [0.05, 0.1) is 13.5 Å². The standard InChI is InChI=1S/C11H8ClF6NO3/c1-21-7(20)2-6-5(3-12)4-19-9(10(13,14)15)8(6)22-11(16,17)18/h4H,2-3H2,1H3. The van der Waals surface area contributed by atoms with Crippen LogP contribution in [0.25, 0.3) is 0 Å². The largest absolute Gasteiger partial charge is 0.573 e. The maximum Gasteiger partial charge on any atom is 0.573 e. The molecule has 0 saturated carbocycles. The van der Waals surface area contributed by atoms with E-state index < -0.39 is 47.8 Å². The fourth-order valence-electron chi connectivity index (χ4n) is 1.52. The monoisotopic (exact) mass is 351 g/mol. The first-order chi connectivity index (χ1) is 9.99. The number of carbonyl (C=O) groups is 1. The fraction of sp³-hybridized carbons (Fsp3) is 0.455. The van der Waals surface area contributed by atoms with E-state index in [1.54, 1.807) is 0 Å². The molecule has 0 radical (unpaired) electrons. The van der Waals surface area contributed by atoms with Crippen molar-refractivity contribution in [3.63, 3.8) is 0 Å². The van der Waals surface area contributed by atoms with Crippen LogP contribution in [0.4, 0.5) is 26.3 Å². The topological polar surface area (TPSA) is 48.4 Å². The molecule has 0 aliphatic rings. The van der Waals surface area contributed by atoms with Crippen molar-refractivity contribution < 1.29 is 40.6 Å². The van der Waals surface area contributed by atoms with E-state index in [0.717, 1.165) is 7.11 Å². The molecular weight excluding hydrogens is 344 g/mol. The highest BCUT2D eigenvalue weighted by Gasteiger charge is 2.43. The van der Waals surface area contributed by atoms with Crippen molar-refractivity contribution in [3.05, 3.63) is 23.0 Å². The van der Waals surface area contributed by atoms with Gasteiger partial charge in [-0.25, -0.2) is 4.98 Å². The van der Waals surface area contributed by atoms with Crippen LogP contribution in [0.15, 0.2) is 6.20 Å². The van der Waals surface area contributed by atoms with Gasteiger partial charge in [0.25, 0.3) is 0 Å². The lowest BCUT2D eigenvalue weighted by atomic mass is 10.0. The number of pyridine rings is 1. The fourth-order valence-corrected chi connectivity index (χ4v) is 1.75. The molecule has 1 aromatic rings. The van der Waals surface area contributed by atoms with Gasteiger partial charge in [0.1, 0.15) is 0 Å². The predicted octanol–water partition coefficient (Wildman–Crippen LogP) is 3.45. The number of nitrogens with zero attached hydrogens (tertiary/aromatic N) is 1. The van der Waals surface area contributed by atoms with E-state index in [2.05, 4.69) is 14.5 Å². The van der Waals surface area contributed by atoms with Crippen molar-refractivity contribution in [2.75, 3.05) is 7.11 Å². The number of halogens is 7. The normalized spacial score (nSPS) is 12.2. The van der Waals surface area contributed by atoms with Crippen molar-refractivity contribution in [1.29, 1.82) is 0 Å². The summed E-state index contributed by atoms with van der Waals surface area (Å²) in [4.78, 5) is 14.1. The Morgan fingerprint density at radius 1 is 1.27 bits per heavy atom. The molecule has 22 heavy (non-hydrogen) atoms. The molecule has 0 amide bonds.